The molecular weight excluding hydrogens is 235 g/mol. The second-order valence-electron chi connectivity index (χ2n) is 0.0745. The van der Waals surface area contributed by atoms with Gasteiger partial charge in [-0.2, -0.15) is 0 Å². The molecule has 0 aromatic heterocycles. The Morgan fingerprint density at radius 2 is 1.25 bits per heavy atom. The molecule has 0 aromatic rings. The van der Waals surface area contributed by atoms with Crippen LogP contribution in [0.3, 0.4) is 0 Å². The fourth-order valence-corrected chi connectivity index (χ4v) is 0. The van der Waals surface area contributed by atoms with Gasteiger partial charge in [-0.1, -0.05) is 0 Å². The molecule has 0 atom stereocenters. The molecule has 0 bridgehead atoms. The van der Waals surface area contributed by atoms with Crippen molar-refractivity contribution in [1.29, 1.82) is 0 Å². The molecule has 0 aliphatic rings. The Balaban J connectivity index is 0. The van der Waals surface area contributed by atoms with Crippen LogP contribution in [0.2, 0.25) is 0 Å². The number of hydrogen-bond donors (Lipinski definition) is 0. The summed E-state index contributed by atoms with van der Waals surface area (Å²) >= 11 is -1.81. The summed E-state index contributed by atoms with van der Waals surface area (Å²) in [6, 6.07) is 0. The first kappa shape index (κ1) is 9.24. The van der Waals surface area contributed by atoms with Crippen molar-refractivity contribution in [2.45, 2.75) is 0 Å². The molecular formula is EuO2V. The molecule has 0 spiro atoms. The van der Waals surface area contributed by atoms with Gasteiger partial charge in [0.1, 0.15) is 0 Å². The van der Waals surface area contributed by atoms with Crippen molar-refractivity contribution >= 4 is 0 Å². The minimum atomic E-state index is -1.81. The fraction of sp³-hybridized carbons (Fsp3) is 0. The summed E-state index contributed by atoms with van der Waals surface area (Å²) in [6.45, 7) is 0. The van der Waals surface area contributed by atoms with E-state index in [2.05, 4.69) is 0 Å². The fourth-order valence-electron chi connectivity index (χ4n) is 0. The molecule has 0 N–H and O–H groups in total. The molecule has 0 saturated carbocycles. The van der Waals surface area contributed by atoms with Crippen LogP contribution in [0.15, 0.2) is 0 Å². The van der Waals surface area contributed by atoms with Crippen molar-refractivity contribution in [3.63, 3.8) is 0 Å². The van der Waals surface area contributed by atoms with Crippen LogP contribution in [-0.2, 0) is 23.5 Å². The average molecular weight is 235 g/mol. The van der Waals surface area contributed by atoms with Crippen LogP contribution in [0.25, 0.3) is 0 Å². The Kier molecular flexibility index (Phi) is 20.4. The second-order valence-corrected chi connectivity index (χ2v) is 0.307. The Morgan fingerprint density at radius 1 is 1.25 bits per heavy atom. The van der Waals surface area contributed by atoms with Crippen LogP contribution < -0.4 is 0 Å². The van der Waals surface area contributed by atoms with E-state index in [0.717, 1.165) is 0 Å². The predicted octanol–water partition coefficient (Wildman–Crippen LogP) is -0.240. The Bertz CT molecular complexity index is 27.0. The zero-order chi connectivity index (χ0) is 2.71. The van der Waals surface area contributed by atoms with Gasteiger partial charge in [0.2, 0.25) is 0 Å². The summed E-state index contributed by atoms with van der Waals surface area (Å²) in [5.74, 6) is 0. The monoisotopic (exact) mass is 236 g/mol. The zero-order valence-electron chi connectivity index (χ0n) is 1.64. The normalized spacial score (nSPS) is 2.00. The topological polar surface area (TPSA) is 34.1 Å². The molecule has 4 heteroatoms. The molecule has 0 rings (SSSR count). The second kappa shape index (κ2) is 8.84. The molecule has 0 fully saturated rings. The van der Waals surface area contributed by atoms with E-state index in [4.69, 9.17) is 7.35 Å². The van der Waals surface area contributed by atoms with Crippen LogP contribution >= 0.6 is 0 Å². The third-order valence-electron chi connectivity index (χ3n) is 0. The quantitative estimate of drug-likeness (QED) is 0.580. The van der Waals surface area contributed by atoms with E-state index in [1.807, 2.05) is 0 Å². The first-order valence-electron chi connectivity index (χ1n) is 0.365. The van der Waals surface area contributed by atoms with Gasteiger partial charge in [-0.25, -0.2) is 0 Å². The van der Waals surface area contributed by atoms with Crippen LogP contribution in [0, 0.1) is 49.4 Å². The Labute approximate surface area is 71.4 Å². The van der Waals surface area contributed by atoms with Gasteiger partial charge < -0.3 is 0 Å². The van der Waals surface area contributed by atoms with Gasteiger partial charge >= 0.3 is 23.5 Å². The van der Waals surface area contributed by atoms with Gasteiger partial charge in [0.05, 0.1) is 0 Å². The van der Waals surface area contributed by atoms with Crippen molar-refractivity contribution in [2.75, 3.05) is 0 Å². The molecule has 4 heavy (non-hydrogen) atoms. The zero-order valence-corrected chi connectivity index (χ0v) is 5.46. The summed E-state index contributed by atoms with van der Waals surface area (Å²) in [5.41, 5.74) is 0. The predicted molar refractivity (Wildman–Crippen MR) is 1.37 cm³/mol. The first-order valence-corrected chi connectivity index (χ1v) is 1.51. The maximum absolute atomic E-state index is 8.47. The van der Waals surface area contributed by atoms with E-state index in [1.54, 1.807) is 0 Å². The molecule has 0 amide bonds. The SMILES string of the molecule is [Eu].[O]=[V]=[O]. The van der Waals surface area contributed by atoms with Gasteiger partial charge in [0, 0.05) is 49.4 Å². The third-order valence-corrected chi connectivity index (χ3v) is 0. The van der Waals surface area contributed by atoms with E-state index in [0.29, 0.717) is 0 Å². The van der Waals surface area contributed by atoms with E-state index in [-0.39, 0.29) is 49.4 Å². The molecule has 1 radical (unpaired) electrons. The van der Waals surface area contributed by atoms with Crippen LogP contribution in [-0.4, -0.2) is 0 Å². The molecule has 0 saturated heterocycles. The molecule has 0 heterocycles. The van der Waals surface area contributed by atoms with E-state index in [9.17, 15) is 0 Å². The summed E-state index contributed by atoms with van der Waals surface area (Å²) in [4.78, 5) is 0. The number of hydrogen-bond acceptors (Lipinski definition) is 2. The molecule has 0 aliphatic heterocycles. The van der Waals surface area contributed by atoms with Gasteiger partial charge in [-0.05, 0) is 0 Å². The summed E-state index contributed by atoms with van der Waals surface area (Å²) in [5, 5.41) is 0. The molecule has 24 valence electrons. The maximum atomic E-state index is 8.47. The van der Waals surface area contributed by atoms with Gasteiger partial charge in [-0.15, -0.1) is 0 Å². The molecule has 0 aromatic carbocycles. The van der Waals surface area contributed by atoms with Crippen molar-refractivity contribution in [3.05, 3.63) is 0 Å². The average Bonchev–Trinajstić information content (AvgIpc) is 0.918. The van der Waals surface area contributed by atoms with Gasteiger partial charge in [-0.3, -0.25) is 0 Å². The Hall–Kier alpha value is 1.77. The van der Waals surface area contributed by atoms with Crippen molar-refractivity contribution in [1.82, 2.24) is 0 Å². The van der Waals surface area contributed by atoms with E-state index < -0.39 is 16.2 Å². The van der Waals surface area contributed by atoms with Crippen molar-refractivity contribution < 1.29 is 72.9 Å². The van der Waals surface area contributed by atoms with Crippen molar-refractivity contribution in [2.24, 2.45) is 0 Å². The van der Waals surface area contributed by atoms with Gasteiger partial charge in [0.25, 0.3) is 0 Å². The summed E-state index contributed by atoms with van der Waals surface area (Å²) in [7, 11) is 0. The van der Waals surface area contributed by atoms with Crippen LogP contribution in [0.4, 0.5) is 0 Å². The van der Waals surface area contributed by atoms with Gasteiger partial charge in [0.15, 0.2) is 0 Å². The molecule has 0 unspecified atom stereocenters. The Morgan fingerprint density at radius 3 is 1.25 bits per heavy atom. The van der Waals surface area contributed by atoms with Crippen LogP contribution in [0.5, 0.6) is 0 Å². The van der Waals surface area contributed by atoms with E-state index in [1.165, 1.54) is 0 Å². The molecule has 0 aliphatic carbocycles. The summed E-state index contributed by atoms with van der Waals surface area (Å²) in [6.07, 6.45) is 0. The summed E-state index contributed by atoms with van der Waals surface area (Å²) < 4.78 is 16.9. The van der Waals surface area contributed by atoms with E-state index >= 15 is 0 Å². The van der Waals surface area contributed by atoms with Crippen LogP contribution in [0.1, 0.15) is 0 Å². The standard InChI is InChI=1S/Eu.2O.V. The minimum absolute atomic E-state index is 0. The first-order chi connectivity index (χ1) is 1.41. The number of rotatable bonds is 0. The third kappa shape index (κ3) is 9.23. The van der Waals surface area contributed by atoms with Crippen molar-refractivity contribution in [3.8, 4) is 0 Å². The molecule has 2 nitrogen and oxygen atoms in total.